The molecule has 0 aliphatic rings. The second-order valence-corrected chi connectivity index (χ2v) is 5.68. The molecule has 0 aliphatic heterocycles. The van der Waals surface area contributed by atoms with Crippen LogP contribution in [0, 0.1) is 13.8 Å². The van der Waals surface area contributed by atoms with Crippen molar-refractivity contribution >= 4 is 17.7 Å². The molecule has 0 unspecified atom stereocenters. The summed E-state index contributed by atoms with van der Waals surface area (Å²) >= 11 is 0. The van der Waals surface area contributed by atoms with Crippen LogP contribution < -0.4 is 10.1 Å². The number of allylic oxidation sites excluding steroid dienone is 1. The quantitative estimate of drug-likeness (QED) is 0.484. The van der Waals surface area contributed by atoms with Gasteiger partial charge < -0.3 is 10.1 Å². The van der Waals surface area contributed by atoms with Gasteiger partial charge >= 0.3 is 0 Å². The van der Waals surface area contributed by atoms with E-state index in [1.165, 1.54) is 0 Å². The second kappa shape index (κ2) is 8.32. The van der Waals surface area contributed by atoms with Crippen LogP contribution in [-0.2, 0) is 0 Å². The van der Waals surface area contributed by atoms with E-state index in [2.05, 4.69) is 23.8 Å². The maximum atomic E-state index is 5.48. The molecular formula is C19H27N3O. The first-order chi connectivity index (χ1) is 10.8. The van der Waals surface area contributed by atoms with Crippen molar-refractivity contribution in [2.75, 3.05) is 14.2 Å². The van der Waals surface area contributed by atoms with E-state index in [-0.39, 0.29) is 0 Å². The highest BCUT2D eigenvalue weighted by atomic mass is 16.5. The minimum Gasteiger partial charge on any atom is -0.496 e. The van der Waals surface area contributed by atoms with Gasteiger partial charge in [0.25, 0.3) is 0 Å². The minimum atomic E-state index is 0.845. The monoisotopic (exact) mass is 313 g/mol. The Balaban J connectivity index is 3.80. The number of rotatable bonds is 6. The van der Waals surface area contributed by atoms with Crippen LogP contribution in [0.2, 0.25) is 0 Å². The van der Waals surface area contributed by atoms with Gasteiger partial charge in [-0.05, 0) is 51.8 Å². The van der Waals surface area contributed by atoms with Crippen molar-refractivity contribution in [1.82, 2.24) is 5.32 Å². The number of methoxy groups -OCH3 is 1. The van der Waals surface area contributed by atoms with Crippen molar-refractivity contribution in [3.05, 3.63) is 46.7 Å². The summed E-state index contributed by atoms with van der Waals surface area (Å²) in [6, 6.07) is 4.03. The normalized spacial score (nSPS) is 12.0. The minimum absolute atomic E-state index is 0.845. The molecule has 0 radical (unpaired) electrons. The number of nitrogens with one attached hydrogen (secondary N) is 1. The average molecular weight is 313 g/mol. The van der Waals surface area contributed by atoms with Gasteiger partial charge in [-0.3, -0.25) is 9.98 Å². The molecule has 0 aromatic heterocycles. The number of nitrogens with zero attached hydrogens (tertiary/aromatic N) is 2. The smallest absolute Gasteiger partial charge is 0.122 e. The highest BCUT2D eigenvalue weighted by Crippen LogP contribution is 2.33. The van der Waals surface area contributed by atoms with Crippen LogP contribution in [0.5, 0.6) is 5.75 Å². The molecule has 0 saturated heterocycles. The largest absolute Gasteiger partial charge is 0.496 e. The third kappa shape index (κ3) is 4.55. The first-order valence-electron chi connectivity index (χ1n) is 7.57. The van der Waals surface area contributed by atoms with Crippen molar-refractivity contribution in [3.63, 3.8) is 0 Å². The van der Waals surface area contributed by atoms with Crippen molar-refractivity contribution in [1.29, 1.82) is 0 Å². The van der Waals surface area contributed by atoms with Gasteiger partial charge in [-0.25, -0.2) is 0 Å². The van der Waals surface area contributed by atoms with Gasteiger partial charge in [0, 0.05) is 23.9 Å². The van der Waals surface area contributed by atoms with Gasteiger partial charge in [0.1, 0.15) is 5.75 Å². The Bertz CT molecular complexity index is 678. The van der Waals surface area contributed by atoms with Gasteiger partial charge in [-0.15, -0.1) is 0 Å². The summed E-state index contributed by atoms with van der Waals surface area (Å²) in [5.41, 5.74) is 6.82. The maximum Gasteiger partial charge on any atom is 0.122 e. The van der Waals surface area contributed by atoms with E-state index in [0.29, 0.717) is 0 Å². The average Bonchev–Trinajstić information content (AvgIpc) is 2.46. The molecule has 0 bridgehead atoms. The molecule has 1 aromatic rings. The van der Waals surface area contributed by atoms with Crippen LogP contribution in [0.4, 0.5) is 0 Å². The Morgan fingerprint density at radius 1 is 1.22 bits per heavy atom. The Labute approximate surface area is 139 Å². The molecule has 0 amide bonds. The number of aryl methyl sites for hydroxylation is 1. The molecule has 1 aromatic carbocycles. The van der Waals surface area contributed by atoms with Crippen molar-refractivity contribution < 1.29 is 4.74 Å². The van der Waals surface area contributed by atoms with Crippen LogP contribution in [0.25, 0.3) is 5.70 Å². The summed E-state index contributed by atoms with van der Waals surface area (Å²) in [6.07, 6.45) is 1.65. The fraction of sp³-hybridized carbons (Fsp3) is 0.368. The van der Waals surface area contributed by atoms with E-state index >= 15 is 0 Å². The Morgan fingerprint density at radius 2 is 1.87 bits per heavy atom. The highest BCUT2D eigenvalue weighted by Gasteiger charge is 2.17. The van der Waals surface area contributed by atoms with Gasteiger partial charge in [-0.1, -0.05) is 12.6 Å². The van der Waals surface area contributed by atoms with Crippen LogP contribution in [-0.4, -0.2) is 26.2 Å². The van der Waals surface area contributed by atoms with E-state index in [4.69, 9.17) is 9.73 Å². The molecule has 1 rings (SSSR count). The summed E-state index contributed by atoms with van der Waals surface area (Å²) < 4.78 is 5.48. The fourth-order valence-corrected chi connectivity index (χ4v) is 2.40. The number of benzene rings is 1. The topological polar surface area (TPSA) is 46.0 Å². The second-order valence-electron chi connectivity index (χ2n) is 5.68. The molecule has 4 heteroatoms. The van der Waals surface area contributed by atoms with E-state index < -0.39 is 0 Å². The molecule has 0 heterocycles. The summed E-state index contributed by atoms with van der Waals surface area (Å²) in [7, 11) is 3.40. The van der Waals surface area contributed by atoms with E-state index in [0.717, 1.165) is 45.1 Å². The zero-order valence-corrected chi connectivity index (χ0v) is 15.2. The number of ether oxygens (including phenoxy) is 1. The molecule has 0 saturated carbocycles. The van der Waals surface area contributed by atoms with Crippen LogP contribution in [0.3, 0.4) is 0 Å². The Hall–Kier alpha value is -2.36. The predicted octanol–water partition coefficient (Wildman–Crippen LogP) is 4.29. The predicted molar refractivity (Wildman–Crippen MR) is 101 cm³/mol. The SMILES string of the molecule is C=C(C)/C(NC=NC)=C(\N=C(C)C)c1c(C)ccc(OC)c1C. The van der Waals surface area contributed by atoms with Crippen molar-refractivity contribution in [3.8, 4) is 5.75 Å². The summed E-state index contributed by atoms with van der Waals surface area (Å²) in [6.45, 7) is 14.1. The zero-order valence-electron chi connectivity index (χ0n) is 15.2. The summed E-state index contributed by atoms with van der Waals surface area (Å²) in [5, 5.41) is 3.21. The number of hydrogen-bond acceptors (Lipinski definition) is 3. The first kappa shape index (κ1) is 18.7. The lowest BCUT2D eigenvalue weighted by Crippen LogP contribution is -2.14. The molecule has 23 heavy (non-hydrogen) atoms. The van der Waals surface area contributed by atoms with Gasteiger partial charge in [0.05, 0.1) is 24.8 Å². The lowest BCUT2D eigenvalue weighted by atomic mass is 9.96. The molecule has 1 N–H and O–H groups in total. The van der Waals surface area contributed by atoms with Crippen molar-refractivity contribution in [2.45, 2.75) is 34.6 Å². The zero-order chi connectivity index (χ0) is 17.6. The lowest BCUT2D eigenvalue weighted by Gasteiger charge is -2.18. The third-order valence-corrected chi connectivity index (χ3v) is 3.42. The summed E-state index contributed by atoms with van der Waals surface area (Å²) in [5.74, 6) is 0.845. The molecule has 4 nitrogen and oxygen atoms in total. The standard InChI is InChI=1S/C19H27N3O/c1-12(2)18(21-11-20-7)19(22-13(3)4)17-14(5)9-10-16(23-8)15(17)6/h9-11H,1H2,2-8H3,(H,20,21)/b19-18+. The molecule has 0 spiro atoms. The molecule has 0 aliphatic carbocycles. The molecule has 124 valence electrons. The molecule has 0 fully saturated rings. The third-order valence-electron chi connectivity index (χ3n) is 3.42. The Morgan fingerprint density at radius 3 is 2.35 bits per heavy atom. The number of hydrogen-bond donors (Lipinski definition) is 1. The van der Waals surface area contributed by atoms with Gasteiger partial charge in [0.2, 0.25) is 0 Å². The van der Waals surface area contributed by atoms with E-state index in [1.807, 2.05) is 39.8 Å². The fourth-order valence-electron chi connectivity index (χ4n) is 2.40. The van der Waals surface area contributed by atoms with Crippen LogP contribution in [0.1, 0.15) is 37.5 Å². The summed E-state index contributed by atoms with van der Waals surface area (Å²) in [4.78, 5) is 8.78. The lowest BCUT2D eigenvalue weighted by molar-refractivity contribution is 0.411. The van der Waals surface area contributed by atoms with Gasteiger partial charge in [-0.2, -0.15) is 0 Å². The maximum absolute atomic E-state index is 5.48. The molecular weight excluding hydrogens is 286 g/mol. The molecule has 0 atom stereocenters. The van der Waals surface area contributed by atoms with Crippen LogP contribution >= 0.6 is 0 Å². The highest BCUT2D eigenvalue weighted by molar-refractivity contribution is 5.89. The Kier molecular flexibility index (Phi) is 6.76. The first-order valence-corrected chi connectivity index (χ1v) is 7.57. The van der Waals surface area contributed by atoms with Crippen LogP contribution in [0.15, 0.2) is 40.0 Å². The van der Waals surface area contributed by atoms with Crippen molar-refractivity contribution in [2.24, 2.45) is 9.98 Å². The van der Waals surface area contributed by atoms with E-state index in [9.17, 15) is 0 Å². The van der Waals surface area contributed by atoms with Gasteiger partial charge in [0.15, 0.2) is 0 Å². The van der Waals surface area contributed by atoms with E-state index in [1.54, 1.807) is 20.5 Å². The number of aliphatic imine (C=N–C) groups is 2.